The molecule has 4 rings (SSSR count). The largest absolute Gasteiger partial charge is 0.309 e. The minimum absolute atomic E-state index is 0.0856. The molecule has 0 atom stereocenters. The average molecular weight is 446 g/mol. The van der Waals surface area contributed by atoms with Gasteiger partial charge >= 0.3 is 0 Å². The number of nitrogens with one attached hydrogen (secondary N) is 1. The van der Waals surface area contributed by atoms with E-state index in [4.69, 9.17) is 9.97 Å². The first kappa shape index (κ1) is 23.1. The first-order chi connectivity index (χ1) is 16.1. The molecule has 1 N–H and O–H groups in total. The minimum atomic E-state index is -0.221. The van der Waals surface area contributed by atoms with Gasteiger partial charge < -0.3 is 5.32 Å². The molecule has 0 unspecified atom stereocenters. The highest BCUT2D eigenvalue weighted by Crippen LogP contribution is 2.34. The fourth-order valence-corrected chi connectivity index (χ4v) is 4.79. The van der Waals surface area contributed by atoms with Crippen LogP contribution in [-0.4, -0.2) is 15.9 Å². The topological polar surface area (TPSA) is 54.9 Å². The number of anilines is 1. The second kappa shape index (κ2) is 10.7. The maximum atomic E-state index is 13.8. The highest BCUT2D eigenvalue weighted by molar-refractivity contribution is 5.92. The van der Waals surface area contributed by atoms with E-state index in [1.165, 1.54) is 6.07 Å². The Labute approximate surface area is 195 Å². The van der Waals surface area contributed by atoms with E-state index in [0.29, 0.717) is 24.6 Å². The number of carbonyl (C=O) groups excluding carboxylic acids is 1. The molecule has 0 spiro atoms. The van der Waals surface area contributed by atoms with Gasteiger partial charge in [-0.3, -0.25) is 4.79 Å². The van der Waals surface area contributed by atoms with E-state index in [1.54, 1.807) is 6.07 Å². The SMILES string of the molecule is CCCC(CCC)Cc1nc2c(nc1NC(=O)Cc1ccccc1)CCc1cc(F)ccc1-2. The van der Waals surface area contributed by atoms with Crippen molar-refractivity contribution in [1.82, 2.24) is 9.97 Å². The highest BCUT2D eigenvalue weighted by atomic mass is 19.1. The van der Waals surface area contributed by atoms with Gasteiger partial charge in [0.25, 0.3) is 0 Å². The zero-order valence-corrected chi connectivity index (χ0v) is 19.5. The molecule has 0 saturated heterocycles. The molecule has 2 aromatic carbocycles. The molecule has 0 radical (unpaired) electrons. The molecule has 0 bridgehead atoms. The molecule has 0 aliphatic heterocycles. The van der Waals surface area contributed by atoms with Crippen molar-refractivity contribution >= 4 is 11.7 Å². The van der Waals surface area contributed by atoms with Crippen molar-refractivity contribution in [2.24, 2.45) is 5.92 Å². The average Bonchev–Trinajstić information content (AvgIpc) is 2.80. The van der Waals surface area contributed by atoms with Crippen LogP contribution in [0.15, 0.2) is 48.5 Å². The van der Waals surface area contributed by atoms with Gasteiger partial charge in [-0.25, -0.2) is 14.4 Å². The van der Waals surface area contributed by atoms with Crippen LogP contribution >= 0.6 is 0 Å². The molecule has 0 fully saturated rings. The number of amides is 1. The summed E-state index contributed by atoms with van der Waals surface area (Å²) in [5.41, 5.74) is 5.43. The van der Waals surface area contributed by atoms with Gasteiger partial charge in [-0.1, -0.05) is 69.9 Å². The minimum Gasteiger partial charge on any atom is -0.309 e. The van der Waals surface area contributed by atoms with E-state index in [1.807, 2.05) is 36.4 Å². The Balaban J connectivity index is 1.68. The van der Waals surface area contributed by atoms with E-state index in [0.717, 1.165) is 72.3 Å². The van der Waals surface area contributed by atoms with Crippen molar-refractivity contribution in [1.29, 1.82) is 0 Å². The van der Waals surface area contributed by atoms with Gasteiger partial charge in [0, 0.05) is 5.56 Å². The van der Waals surface area contributed by atoms with Crippen molar-refractivity contribution in [2.75, 3.05) is 5.32 Å². The predicted octanol–water partition coefficient (Wildman–Crippen LogP) is 6.32. The zero-order valence-electron chi connectivity index (χ0n) is 19.5. The van der Waals surface area contributed by atoms with Crippen LogP contribution in [0.2, 0.25) is 0 Å². The van der Waals surface area contributed by atoms with Gasteiger partial charge in [0.2, 0.25) is 5.91 Å². The number of aromatic nitrogens is 2. The number of hydrogen-bond acceptors (Lipinski definition) is 3. The lowest BCUT2D eigenvalue weighted by molar-refractivity contribution is -0.115. The van der Waals surface area contributed by atoms with E-state index in [2.05, 4.69) is 19.2 Å². The zero-order chi connectivity index (χ0) is 23.2. The summed E-state index contributed by atoms with van der Waals surface area (Å²) in [6.45, 7) is 4.41. The summed E-state index contributed by atoms with van der Waals surface area (Å²) >= 11 is 0. The van der Waals surface area contributed by atoms with Crippen molar-refractivity contribution in [3.8, 4) is 11.3 Å². The number of rotatable bonds is 9. The lowest BCUT2D eigenvalue weighted by atomic mass is 9.90. The number of halogens is 1. The van der Waals surface area contributed by atoms with Crippen molar-refractivity contribution in [3.63, 3.8) is 0 Å². The normalized spacial score (nSPS) is 12.4. The summed E-state index contributed by atoms with van der Waals surface area (Å²) in [6.07, 6.45) is 6.95. The van der Waals surface area contributed by atoms with Crippen LogP contribution in [0.5, 0.6) is 0 Å². The van der Waals surface area contributed by atoms with E-state index in [-0.39, 0.29) is 11.7 Å². The summed E-state index contributed by atoms with van der Waals surface area (Å²) in [6, 6.07) is 14.6. The second-order valence-electron chi connectivity index (χ2n) is 8.97. The fourth-order valence-electron chi connectivity index (χ4n) is 4.79. The third kappa shape index (κ3) is 5.65. The third-order valence-corrected chi connectivity index (χ3v) is 6.33. The number of carbonyl (C=O) groups is 1. The number of nitrogens with zero attached hydrogens (tertiary/aromatic N) is 2. The Morgan fingerprint density at radius 1 is 1.03 bits per heavy atom. The Morgan fingerprint density at radius 2 is 1.79 bits per heavy atom. The number of benzene rings is 2. The molecular weight excluding hydrogens is 413 g/mol. The molecule has 33 heavy (non-hydrogen) atoms. The van der Waals surface area contributed by atoms with Gasteiger partial charge in [-0.15, -0.1) is 0 Å². The van der Waals surface area contributed by atoms with Gasteiger partial charge in [-0.2, -0.15) is 0 Å². The molecule has 3 aromatic rings. The lowest BCUT2D eigenvalue weighted by Crippen LogP contribution is -2.21. The van der Waals surface area contributed by atoms with Crippen LogP contribution in [0.25, 0.3) is 11.3 Å². The second-order valence-corrected chi connectivity index (χ2v) is 8.97. The Morgan fingerprint density at radius 3 is 2.52 bits per heavy atom. The smallest absolute Gasteiger partial charge is 0.229 e. The van der Waals surface area contributed by atoms with E-state index in [9.17, 15) is 9.18 Å². The molecular formula is C28H32FN3O. The number of aryl methyl sites for hydroxylation is 2. The van der Waals surface area contributed by atoms with Gasteiger partial charge in [0.15, 0.2) is 5.82 Å². The van der Waals surface area contributed by atoms with Gasteiger partial charge in [-0.05, 0) is 54.5 Å². The summed E-state index contributed by atoms with van der Waals surface area (Å²) in [7, 11) is 0. The summed E-state index contributed by atoms with van der Waals surface area (Å²) in [5.74, 6) is 0.768. The Kier molecular flexibility index (Phi) is 7.48. The summed E-state index contributed by atoms with van der Waals surface area (Å²) < 4.78 is 13.8. The van der Waals surface area contributed by atoms with E-state index >= 15 is 0 Å². The highest BCUT2D eigenvalue weighted by Gasteiger charge is 2.24. The van der Waals surface area contributed by atoms with Gasteiger partial charge in [0.1, 0.15) is 5.82 Å². The molecule has 172 valence electrons. The molecule has 1 aromatic heterocycles. The molecule has 1 aliphatic rings. The molecule has 5 heteroatoms. The number of fused-ring (bicyclic) bond motifs is 3. The fraction of sp³-hybridized carbons (Fsp3) is 0.393. The summed E-state index contributed by atoms with van der Waals surface area (Å²) in [5, 5.41) is 3.06. The lowest BCUT2D eigenvalue weighted by Gasteiger charge is -2.23. The van der Waals surface area contributed by atoms with E-state index < -0.39 is 0 Å². The monoisotopic (exact) mass is 445 g/mol. The standard InChI is InChI=1S/C28H32FN3O/c1-3-8-19(9-4-2)16-25-28(32-26(33)17-20-10-6-5-7-11-20)31-24-15-12-21-18-22(29)13-14-23(21)27(24)30-25/h5-7,10-11,13-14,18-19H,3-4,8-9,12,15-17H2,1-2H3,(H,31,32,33). The van der Waals surface area contributed by atoms with Crippen molar-refractivity contribution in [3.05, 3.63) is 76.9 Å². The van der Waals surface area contributed by atoms with Gasteiger partial charge in [0.05, 0.1) is 23.5 Å². The Hall–Kier alpha value is -3.08. The molecule has 0 saturated carbocycles. The van der Waals surface area contributed by atoms with Crippen LogP contribution in [-0.2, 0) is 30.5 Å². The van der Waals surface area contributed by atoms with Crippen LogP contribution in [0.3, 0.4) is 0 Å². The van der Waals surface area contributed by atoms with Crippen molar-refractivity contribution < 1.29 is 9.18 Å². The van der Waals surface area contributed by atoms with Crippen LogP contribution in [0.1, 0.15) is 62.0 Å². The molecule has 1 amide bonds. The molecule has 4 nitrogen and oxygen atoms in total. The molecule has 1 heterocycles. The summed E-state index contributed by atoms with van der Waals surface area (Å²) in [4.78, 5) is 22.8. The maximum Gasteiger partial charge on any atom is 0.229 e. The van der Waals surface area contributed by atoms with Crippen LogP contribution in [0, 0.1) is 11.7 Å². The van der Waals surface area contributed by atoms with Crippen LogP contribution in [0.4, 0.5) is 10.2 Å². The number of hydrogen-bond donors (Lipinski definition) is 1. The predicted molar refractivity (Wildman–Crippen MR) is 131 cm³/mol. The molecule has 1 aliphatic carbocycles. The maximum absolute atomic E-state index is 13.8. The third-order valence-electron chi connectivity index (χ3n) is 6.33. The quantitative estimate of drug-likeness (QED) is 0.419. The Bertz CT molecular complexity index is 1110. The van der Waals surface area contributed by atoms with Crippen molar-refractivity contribution in [2.45, 2.75) is 65.2 Å². The first-order valence-electron chi connectivity index (χ1n) is 12.1. The van der Waals surface area contributed by atoms with Crippen LogP contribution < -0.4 is 5.32 Å². The first-order valence-corrected chi connectivity index (χ1v) is 12.1.